The third-order valence-corrected chi connectivity index (χ3v) is 3.55. The van der Waals surface area contributed by atoms with Gasteiger partial charge in [0.1, 0.15) is 11.6 Å². The number of amides is 1. The average molecular weight is 315 g/mol. The van der Waals surface area contributed by atoms with Gasteiger partial charge in [-0.1, -0.05) is 6.92 Å². The second-order valence-electron chi connectivity index (χ2n) is 6.56. The van der Waals surface area contributed by atoms with Crippen LogP contribution in [0.3, 0.4) is 0 Å². The lowest BCUT2D eigenvalue weighted by Crippen LogP contribution is -2.51. The van der Waals surface area contributed by atoms with Crippen LogP contribution in [0.5, 0.6) is 0 Å². The van der Waals surface area contributed by atoms with Crippen LogP contribution in [0.4, 0.5) is 4.79 Å². The zero-order valence-electron chi connectivity index (χ0n) is 14.1. The Morgan fingerprint density at radius 3 is 2.27 bits per heavy atom. The van der Waals surface area contributed by atoms with E-state index in [1.165, 1.54) is 0 Å². The second kappa shape index (κ2) is 8.33. The molecule has 0 bridgehead atoms. The van der Waals surface area contributed by atoms with Crippen LogP contribution in [0.2, 0.25) is 0 Å². The quantitative estimate of drug-likeness (QED) is 0.761. The molecule has 1 aliphatic rings. The first-order valence-electron chi connectivity index (χ1n) is 7.89. The monoisotopic (exact) mass is 315 g/mol. The molecule has 0 saturated carbocycles. The topological polar surface area (TPSA) is 82.1 Å². The molecule has 7 heteroatoms. The molecule has 0 aliphatic carbocycles. The molecule has 2 N–H and O–H groups in total. The van der Waals surface area contributed by atoms with Gasteiger partial charge in [0.2, 0.25) is 0 Å². The fourth-order valence-electron chi connectivity index (χ4n) is 2.28. The number of hydrogen-bond acceptors (Lipinski definition) is 5. The predicted octanol–water partition coefficient (Wildman–Crippen LogP) is 0.992. The van der Waals surface area contributed by atoms with Crippen LogP contribution in [0.15, 0.2) is 0 Å². The van der Waals surface area contributed by atoms with E-state index < -0.39 is 17.6 Å². The van der Waals surface area contributed by atoms with Gasteiger partial charge >= 0.3 is 12.1 Å². The zero-order valence-corrected chi connectivity index (χ0v) is 14.1. The smallest absolute Gasteiger partial charge is 0.410 e. The standard InChI is InChI=1S/C15H29N3O4/c1-5-12(13(19)20)16-6-7-17-8-10-18(11-9-17)14(21)22-15(2,3)4/h12,16H,5-11H2,1-4H3,(H,19,20). The molecule has 128 valence electrons. The minimum atomic E-state index is -0.808. The van der Waals surface area contributed by atoms with Crippen molar-refractivity contribution < 1.29 is 19.4 Å². The van der Waals surface area contributed by atoms with E-state index in [2.05, 4.69) is 10.2 Å². The molecule has 0 radical (unpaired) electrons. The minimum absolute atomic E-state index is 0.262. The van der Waals surface area contributed by atoms with Gasteiger partial charge < -0.3 is 20.1 Å². The fraction of sp³-hybridized carbons (Fsp3) is 0.867. The summed E-state index contributed by atoms with van der Waals surface area (Å²) >= 11 is 0. The largest absolute Gasteiger partial charge is 0.480 e. The second-order valence-corrected chi connectivity index (χ2v) is 6.56. The normalized spacial score (nSPS) is 18.1. The molecule has 1 rings (SSSR count). The number of carboxylic acid groups (broad SMARTS) is 1. The Kier molecular flexibility index (Phi) is 7.09. The van der Waals surface area contributed by atoms with Crippen LogP contribution >= 0.6 is 0 Å². The summed E-state index contributed by atoms with van der Waals surface area (Å²) in [6.07, 6.45) is 0.309. The predicted molar refractivity (Wildman–Crippen MR) is 84.0 cm³/mol. The van der Waals surface area contributed by atoms with Crippen molar-refractivity contribution in [3.8, 4) is 0 Å². The lowest BCUT2D eigenvalue weighted by molar-refractivity contribution is -0.139. The Morgan fingerprint density at radius 2 is 1.82 bits per heavy atom. The van der Waals surface area contributed by atoms with Crippen molar-refractivity contribution in [3.05, 3.63) is 0 Å². The van der Waals surface area contributed by atoms with Crippen molar-refractivity contribution in [3.63, 3.8) is 0 Å². The third-order valence-electron chi connectivity index (χ3n) is 3.55. The van der Waals surface area contributed by atoms with Gasteiger partial charge in [0.05, 0.1) is 0 Å². The highest BCUT2D eigenvalue weighted by atomic mass is 16.6. The highest BCUT2D eigenvalue weighted by molar-refractivity contribution is 5.73. The Hall–Kier alpha value is -1.34. The van der Waals surface area contributed by atoms with Crippen LogP contribution in [0.25, 0.3) is 0 Å². The highest BCUT2D eigenvalue weighted by Crippen LogP contribution is 2.11. The van der Waals surface area contributed by atoms with Crippen LogP contribution in [-0.2, 0) is 9.53 Å². The van der Waals surface area contributed by atoms with E-state index in [0.717, 1.165) is 19.6 Å². The summed E-state index contributed by atoms with van der Waals surface area (Å²) in [7, 11) is 0. The van der Waals surface area contributed by atoms with Gasteiger partial charge in [-0.3, -0.25) is 9.69 Å². The van der Waals surface area contributed by atoms with Crippen LogP contribution in [-0.4, -0.2) is 77.9 Å². The molecule has 22 heavy (non-hydrogen) atoms. The third kappa shape index (κ3) is 6.62. The van der Waals surface area contributed by atoms with Crippen molar-refractivity contribution in [1.82, 2.24) is 15.1 Å². The van der Waals surface area contributed by atoms with Crippen molar-refractivity contribution in [1.29, 1.82) is 0 Å². The maximum absolute atomic E-state index is 11.9. The van der Waals surface area contributed by atoms with E-state index in [9.17, 15) is 9.59 Å². The molecular weight excluding hydrogens is 286 g/mol. The fourth-order valence-corrected chi connectivity index (χ4v) is 2.28. The van der Waals surface area contributed by atoms with Gasteiger partial charge in [-0.2, -0.15) is 0 Å². The van der Waals surface area contributed by atoms with Gasteiger partial charge in [-0.05, 0) is 27.2 Å². The number of nitrogens with zero attached hydrogens (tertiary/aromatic N) is 2. The summed E-state index contributed by atoms with van der Waals surface area (Å²) in [5.74, 6) is -0.808. The van der Waals surface area contributed by atoms with Gasteiger partial charge in [-0.15, -0.1) is 0 Å². The van der Waals surface area contributed by atoms with Gasteiger partial charge in [0.15, 0.2) is 0 Å². The molecule has 1 atom stereocenters. The van der Waals surface area contributed by atoms with Gasteiger partial charge in [-0.25, -0.2) is 4.79 Å². The van der Waals surface area contributed by atoms with Crippen molar-refractivity contribution in [2.24, 2.45) is 0 Å². The van der Waals surface area contributed by atoms with Crippen LogP contribution in [0, 0.1) is 0 Å². The first-order valence-corrected chi connectivity index (χ1v) is 7.89. The van der Waals surface area contributed by atoms with E-state index in [-0.39, 0.29) is 6.09 Å². The van der Waals surface area contributed by atoms with Gasteiger partial charge in [0, 0.05) is 39.3 Å². The summed E-state index contributed by atoms with van der Waals surface area (Å²) in [6.45, 7) is 11.7. The summed E-state index contributed by atoms with van der Waals surface area (Å²) in [4.78, 5) is 26.8. The number of hydrogen-bond donors (Lipinski definition) is 2. The molecule has 0 aromatic heterocycles. The number of ether oxygens (including phenoxy) is 1. The summed E-state index contributed by atoms with van der Waals surface area (Å²) in [5.41, 5.74) is -0.468. The lowest BCUT2D eigenvalue weighted by atomic mass is 10.2. The van der Waals surface area contributed by atoms with Crippen molar-refractivity contribution in [2.75, 3.05) is 39.3 Å². The highest BCUT2D eigenvalue weighted by Gasteiger charge is 2.25. The number of aliphatic carboxylic acids is 1. The lowest BCUT2D eigenvalue weighted by Gasteiger charge is -2.35. The Bertz CT molecular complexity index is 373. The molecule has 7 nitrogen and oxygen atoms in total. The molecule has 0 spiro atoms. The number of piperazine rings is 1. The Labute approximate surface area is 132 Å². The number of nitrogens with one attached hydrogen (secondary N) is 1. The summed E-state index contributed by atoms with van der Waals surface area (Å²) in [6, 6.07) is -0.483. The van der Waals surface area contributed by atoms with Gasteiger partial charge in [0.25, 0.3) is 0 Å². The first kappa shape index (κ1) is 18.7. The van der Waals surface area contributed by atoms with Crippen LogP contribution < -0.4 is 5.32 Å². The van der Waals surface area contributed by atoms with E-state index >= 15 is 0 Å². The number of rotatable bonds is 6. The van der Waals surface area contributed by atoms with E-state index in [1.807, 2.05) is 27.7 Å². The molecule has 1 unspecified atom stereocenters. The number of carbonyl (C=O) groups is 2. The van der Waals surface area contributed by atoms with Crippen molar-refractivity contribution >= 4 is 12.1 Å². The molecule has 1 heterocycles. The van der Waals surface area contributed by atoms with Crippen LogP contribution in [0.1, 0.15) is 34.1 Å². The molecule has 1 amide bonds. The molecule has 1 fully saturated rings. The summed E-state index contributed by atoms with van der Waals surface area (Å²) < 4.78 is 5.36. The Balaban J connectivity index is 2.25. The SMILES string of the molecule is CCC(NCCN1CCN(C(=O)OC(C)(C)C)CC1)C(=O)O. The first-order chi connectivity index (χ1) is 10.2. The summed E-state index contributed by atoms with van der Waals surface area (Å²) in [5, 5.41) is 12.0. The average Bonchev–Trinajstić information content (AvgIpc) is 2.42. The van der Waals surface area contributed by atoms with Crippen molar-refractivity contribution in [2.45, 2.75) is 45.8 Å². The van der Waals surface area contributed by atoms with E-state index in [1.54, 1.807) is 4.90 Å². The number of carboxylic acids is 1. The Morgan fingerprint density at radius 1 is 1.23 bits per heavy atom. The number of carbonyl (C=O) groups excluding carboxylic acids is 1. The van der Waals surface area contributed by atoms with E-state index in [0.29, 0.717) is 26.1 Å². The molecule has 1 aliphatic heterocycles. The molecule has 0 aromatic carbocycles. The van der Waals surface area contributed by atoms with E-state index in [4.69, 9.17) is 9.84 Å². The minimum Gasteiger partial charge on any atom is -0.480 e. The molecular formula is C15H29N3O4. The maximum Gasteiger partial charge on any atom is 0.410 e. The molecule has 0 aromatic rings. The molecule has 1 saturated heterocycles. The zero-order chi connectivity index (χ0) is 16.8. The maximum atomic E-state index is 11.9.